The van der Waals surface area contributed by atoms with Crippen LogP contribution in [0.4, 0.5) is 0 Å². The number of benzene rings is 4. The van der Waals surface area contributed by atoms with Crippen molar-refractivity contribution in [1.29, 1.82) is 0 Å². The van der Waals surface area contributed by atoms with Crippen LogP contribution in [-0.4, -0.2) is 31.0 Å². The molecule has 1 aliphatic rings. The van der Waals surface area contributed by atoms with E-state index in [0.717, 1.165) is 22.3 Å². The lowest BCUT2D eigenvalue weighted by molar-refractivity contribution is -0.0896. The van der Waals surface area contributed by atoms with Gasteiger partial charge in [-0.25, -0.2) is 0 Å². The molecule has 0 saturated carbocycles. The molecule has 1 saturated heterocycles. The van der Waals surface area contributed by atoms with Gasteiger partial charge in [0.1, 0.15) is 24.4 Å². The fourth-order valence-electron chi connectivity index (χ4n) is 4.62. The third-order valence-corrected chi connectivity index (χ3v) is 6.91. The van der Waals surface area contributed by atoms with Gasteiger partial charge < -0.3 is 18.9 Å². The second-order valence-corrected chi connectivity index (χ2v) is 10.0. The Morgan fingerprint density at radius 2 is 1.13 bits per heavy atom. The summed E-state index contributed by atoms with van der Waals surface area (Å²) in [4.78, 5) is 0. The number of hydrogen-bond donors (Lipinski definition) is 0. The van der Waals surface area contributed by atoms with E-state index in [0.29, 0.717) is 31.5 Å². The Bertz CT molecular complexity index is 1280. The highest BCUT2D eigenvalue weighted by molar-refractivity contribution is 6.30. The average Bonchev–Trinajstić information content (AvgIpc) is 3.32. The summed E-state index contributed by atoms with van der Waals surface area (Å²) >= 11 is 6.08. The van der Waals surface area contributed by atoms with Crippen LogP contribution in [0, 0.1) is 0 Å². The van der Waals surface area contributed by atoms with Crippen LogP contribution in [0.15, 0.2) is 121 Å². The zero-order valence-corrected chi connectivity index (χ0v) is 22.5. The van der Waals surface area contributed by atoms with Crippen molar-refractivity contribution in [3.8, 4) is 0 Å². The number of ether oxygens (including phenoxy) is 4. The van der Waals surface area contributed by atoms with Gasteiger partial charge >= 0.3 is 0 Å². The Hall–Kier alpha value is -3.25. The van der Waals surface area contributed by atoms with Crippen LogP contribution >= 0.6 is 11.6 Å². The molecule has 0 bridgehead atoms. The van der Waals surface area contributed by atoms with E-state index in [9.17, 15) is 0 Å². The number of halogens is 1. The van der Waals surface area contributed by atoms with Gasteiger partial charge in [0.2, 0.25) is 0 Å². The van der Waals surface area contributed by atoms with Gasteiger partial charge in [0.25, 0.3) is 0 Å². The lowest BCUT2D eigenvalue weighted by atomic mass is 10.1. The van der Waals surface area contributed by atoms with E-state index in [1.54, 1.807) is 0 Å². The molecule has 0 aliphatic carbocycles. The molecular weight excluding hydrogens is 508 g/mol. The molecule has 0 radical (unpaired) electrons. The summed E-state index contributed by atoms with van der Waals surface area (Å²) in [5.74, 6) is 0. The molecule has 0 amide bonds. The van der Waals surface area contributed by atoms with Crippen LogP contribution in [0.1, 0.15) is 22.3 Å². The summed E-state index contributed by atoms with van der Waals surface area (Å²) in [5, 5.41) is 0.707. The van der Waals surface area contributed by atoms with Gasteiger partial charge in [-0.3, -0.25) is 0 Å². The monoisotopic (exact) mass is 540 g/mol. The highest BCUT2D eigenvalue weighted by atomic mass is 35.5. The molecule has 4 nitrogen and oxygen atoms in total. The van der Waals surface area contributed by atoms with Crippen molar-refractivity contribution >= 4 is 17.7 Å². The predicted octanol–water partition coefficient (Wildman–Crippen LogP) is 7.51. The van der Waals surface area contributed by atoms with Crippen LogP contribution in [0.5, 0.6) is 0 Å². The van der Waals surface area contributed by atoms with Crippen LogP contribution in [0.25, 0.3) is 6.08 Å². The van der Waals surface area contributed by atoms with Crippen LogP contribution in [0.2, 0.25) is 5.02 Å². The summed E-state index contributed by atoms with van der Waals surface area (Å²) < 4.78 is 25.7. The van der Waals surface area contributed by atoms with Crippen molar-refractivity contribution < 1.29 is 18.9 Å². The Balaban J connectivity index is 1.35. The summed E-state index contributed by atoms with van der Waals surface area (Å²) in [6.45, 7) is 1.82. The fraction of sp³-hybridized carbons (Fsp3) is 0.235. The topological polar surface area (TPSA) is 36.9 Å². The summed E-state index contributed by atoms with van der Waals surface area (Å²) in [7, 11) is 0. The second kappa shape index (κ2) is 14.2. The maximum absolute atomic E-state index is 6.56. The summed E-state index contributed by atoms with van der Waals surface area (Å²) in [6, 6.07) is 38.2. The van der Waals surface area contributed by atoms with Crippen molar-refractivity contribution in [2.75, 3.05) is 6.61 Å². The van der Waals surface area contributed by atoms with Gasteiger partial charge in [-0.2, -0.15) is 0 Å². The minimum atomic E-state index is -0.317. The molecule has 1 fully saturated rings. The molecule has 0 aromatic heterocycles. The van der Waals surface area contributed by atoms with E-state index in [2.05, 4.69) is 42.5 Å². The highest BCUT2D eigenvalue weighted by Crippen LogP contribution is 2.30. The first-order valence-corrected chi connectivity index (χ1v) is 13.6. The largest absolute Gasteiger partial charge is 0.374 e. The third-order valence-electron chi connectivity index (χ3n) is 6.66. The third kappa shape index (κ3) is 8.12. The van der Waals surface area contributed by atoms with Crippen LogP contribution in [-0.2, 0) is 38.8 Å². The smallest absolute Gasteiger partial charge is 0.116 e. The van der Waals surface area contributed by atoms with Gasteiger partial charge in [-0.1, -0.05) is 127 Å². The SMILES string of the molecule is Clc1ccc(/C=C/[C@@H]2O[C@H](COCc3ccccc3)[C@H](OCc3ccccc3)[C@@H]2OCc2ccccc2)cc1. The normalized spacial score (nSPS) is 20.9. The molecule has 4 aromatic carbocycles. The molecule has 1 aliphatic heterocycles. The van der Waals surface area contributed by atoms with Crippen molar-refractivity contribution in [1.82, 2.24) is 0 Å². The first-order valence-electron chi connectivity index (χ1n) is 13.3. The molecule has 4 atom stereocenters. The van der Waals surface area contributed by atoms with Gasteiger partial charge in [-0.15, -0.1) is 0 Å². The van der Waals surface area contributed by atoms with E-state index < -0.39 is 0 Å². The molecule has 5 rings (SSSR count). The molecule has 39 heavy (non-hydrogen) atoms. The van der Waals surface area contributed by atoms with Crippen molar-refractivity contribution in [2.45, 2.75) is 44.2 Å². The van der Waals surface area contributed by atoms with Gasteiger partial charge in [0.05, 0.1) is 26.4 Å². The maximum Gasteiger partial charge on any atom is 0.116 e. The van der Waals surface area contributed by atoms with Crippen molar-refractivity contribution in [2.24, 2.45) is 0 Å². The number of rotatable bonds is 12. The van der Waals surface area contributed by atoms with Crippen molar-refractivity contribution in [3.05, 3.63) is 149 Å². The number of hydrogen-bond acceptors (Lipinski definition) is 4. The minimum Gasteiger partial charge on any atom is -0.374 e. The van der Waals surface area contributed by atoms with E-state index >= 15 is 0 Å². The minimum absolute atomic E-state index is 0.293. The second-order valence-electron chi connectivity index (χ2n) is 9.57. The first kappa shape index (κ1) is 27.3. The molecule has 1 heterocycles. The van der Waals surface area contributed by atoms with Gasteiger partial charge in [0, 0.05) is 5.02 Å². The molecular formula is C34H33ClO4. The zero-order chi connectivity index (χ0) is 26.7. The van der Waals surface area contributed by atoms with Crippen molar-refractivity contribution in [3.63, 3.8) is 0 Å². The lowest BCUT2D eigenvalue weighted by Crippen LogP contribution is -2.38. The van der Waals surface area contributed by atoms with Gasteiger partial charge in [0.15, 0.2) is 0 Å². The molecule has 0 N–H and O–H groups in total. The Morgan fingerprint density at radius 3 is 1.69 bits per heavy atom. The zero-order valence-electron chi connectivity index (χ0n) is 21.8. The van der Waals surface area contributed by atoms with E-state index in [1.165, 1.54) is 0 Å². The molecule has 0 unspecified atom stereocenters. The molecule has 0 spiro atoms. The van der Waals surface area contributed by atoms with E-state index in [-0.39, 0.29) is 24.4 Å². The first-order chi connectivity index (χ1) is 19.2. The molecule has 200 valence electrons. The predicted molar refractivity (Wildman–Crippen MR) is 155 cm³/mol. The Kier molecular flexibility index (Phi) is 9.97. The quantitative estimate of drug-likeness (QED) is 0.186. The Morgan fingerprint density at radius 1 is 0.615 bits per heavy atom. The summed E-state index contributed by atoms with van der Waals surface area (Å²) in [6.07, 6.45) is 2.86. The van der Waals surface area contributed by atoms with Crippen LogP contribution in [0.3, 0.4) is 0 Å². The lowest BCUT2D eigenvalue weighted by Gasteiger charge is -2.24. The van der Waals surface area contributed by atoms with E-state index in [1.807, 2.05) is 84.9 Å². The molecule has 5 heteroatoms. The molecule has 4 aromatic rings. The Labute approximate surface area is 235 Å². The van der Waals surface area contributed by atoms with E-state index in [4.69, 9.17) is 30.5 Å². The maximum atomic E-state index is 6.56. The summed E-state index contributed by atoms with van der Waals surface area (Å²) in [5.41, 5.74) is 4.36. The van der Waals surface area contributed by atoms with Crippen LogP contribution < -0.4 is 0 Å². The fourth-order valence-corrected chi connectivity index (χ4v) is 4.74. The standard InChI is InChI=1S/C34H33ClO4/c35-30-19-16-26(17-20-30)18-21-31-33(37-23-28-12-6-2-7-13-28)34(38-24-29-14-8-3-9-15-29)32(39-31)25-36-22-27-10-4-1-5-11-27/h1-21,31-34H,22-25H2/b21-18+/t31-,32+,33+,34-/m0/s1. The highest BCUT2D eigenvalue weighted by Gasteiger charge is 2.45. The van der Waals surface area contributed by atoms with Gasteiger partial charge in [-0.05, 0) is 34.4 Å². The average molecular weight is 541 g/mol.